The van der Waals surface area contributed by atoms with E-state index in [0.29, 0.717) is 32.2 Å². The summed E-state index contributed by atoms with van der Waals surface area (Å²) < 4.78 is 33.5. The Morgan fingerprint density at radius 3 is 2.52 bits per heavy atom. The van der Waals surface area contributed by atoms with E-state index in [9.17, 15) is 13.2 Å². The van der Waals surface area contributed by atoms with Crippen LogP contribution in [0.3, 0.4) is 0 Å². The van der Waals surface area contributed by atoms with Crippen molar-refractivity contribution >= 4 is 15.7 Å². The van der Waals surface area contributed by atoms with Crippen LogP contribution in [0.1, 0.15) is 19.3 Å². The molecule has 1 amide bonds. The lowest BCUT2D eigenvalue weighted by atomic mass is 9.94. The zero-order valence-corrected chi connectivity index (χ0v) is 13.2. The normalized spacial score (nSPS) is 23.4. The molecule has 2 rings (SSSR count). The van der Waals surface area contributed by atoms with Gasteiger partial charge < -0.3 is 14.4 Å². The molecule has 1 saturated heterocycles. The van der Waals surface area contributed by atoms with Crippen molar-refractivity contribution in [3.63, 3.8) is 0 Å². The van der Waals surface area contributed by atoms with Gasteiger partial charge in [-0.2, -0.15) is 0 Å². The molecular formula is C14H23NO5S. The third-order valence-corrected chi connectivity index (χ3v) is 4.43. The fraction of sp³-hybridized carbons (Fsp3) is 0.786. The van der Waals surface area contributed by atoms with E-state index >= 15 is 0 Å². The molecule has 1 atom stereocenters. The van der Waals surface area contributed by atoms with Gasteiger partial charge >= 0.3 is 0 Å². The number of amides is 1. The Hall–Kier alpha value is -0.920. The SMILES string of the molecule is CS(=O)(=O)CC(=O)N(CC1OCCO1)C[C@@H]1CC=CCC1. The molecule has 0 bridgehead atoms. The molecule has 6 nitrogen and oxygen atoms in total. The van der Waals surface area contributed by atoms with Crippen molar-refractivity contribution in [3.05, 3.63) is 12.2 Å². The number of nitrogens with zero attached hydrogens (tertiary/aromatic N) is 1. The highest BCUT2D eigenvalue weighted by Crippen LogP contribution is 2.20. The van der Waals surface area contributed by atoms with E-state index in [4.69, 9.17) is 9.47 Å². The van der Waals surface area contributed by atoms with Crippen molar-refractivity contribution in [1.82, 2.24) is 4.90 Å². The predicted molar refractivity (Wildman–Crippen MR) is 78.5 cm³/mol. The van der Waals surface area contributed by atoms with E-state index in [1.165, 1.54) is 0 Å². The Morgan fingerprint density at radius 1 is 1.24 bits per heavy atom. The Balaban J connectivity index is 1.97. The molecule has 0 N–H and O–H groups in total. The van der Waals surface area contributed by atoms with Crippen LogP contribution in [0.4, 0.5) is 0 Å². The van der Waals surface area contributed by atoms with Gasteiger partial charge in [0.1, 0.15) is 5.75 Å². The van der Waals surface area contributed by atoms with Gasteiger partial charge in [0.2, 0.25) is 5.91 Å². The van der Waals surface area contributed by atoms with Crippen molar-refractivity contribution in [1.29, 1.82) is 0 Å². The molecule has 0 saturated carbocycles. The van der Waals surface area contributed by atoms with Gasteiger partial charge in [0, 0.05) is 12.8 Å². The van der Waals surface area contributed by atoms with Gasteiger partial charge in [-0.15, -0.1) is 0 Å². The number of rotatable bonds is 6. The van der Waals surface area contributed by atoms with Crippen LogP contribution in [0.5, 0.6) is 0 Å². The second-order valence-electron chi connectivity index (χ2n) is 5.69. The van der Waals surface area contributed by atoms with Crippen molar-refractivity contribution in [2.24, 2.45) is 5.92 Å². The molecule has 1 aliphatic heterocycles. The number of allylic oxidation sites excluding steroid dienone is 2. The minimum atomic E-state index is -3.33. The van der Waals surface area contributed by atoms with E-state index in [-0.39, 0.29) is 5.91 Å². The average molecular weight is 317 g/mol. The first kappa shape index (κ1) is 16.5. The standard InChI is InChI=1S/C14H23NO5S/c1-21(17,18)11-13(16)15(10-14-19-7-8-20-14)9-12-5-3-2-4-6-12/h2-3,12,14H,4-11H2,1H3/t12-/m1/s1. The van der Waals surface area contributed by atoms with Crippen LogP contribution in [-0.4, -0.2) is 63.8 Å². The highest BCUT2D eigenvalue weighted by Gasteiger charge is 2.27. The van der Waals surface area contributed by atoms with Crippen LogP contribution in [0.2, 0.25) is 0 Å². The highest BCUT2D eigenvalue weighted by molar-refractivity contribution is 7.91. The van der Waals surface area contributed by atoms with Gasteiger partial charge in [0.05, 0.1) is 19.8 Å². The second kappa shape index (κ2) is 7.38. The first-order valence-electron chi connectivity index (χ1n) is 7.28. The second-order valence-corrected chi connectivity index (χ2v) is 7.83. The van der Waals surface area contributed by atoms with E-state index < -0.39 is 21.9 Å². The first-order valence-corrected chi connectivity index (χ1v) is 9.34. The van der Waals surface area contributed by atoms with Crippen LogP contribution in [0.25, 0.3) is 0 Å². The molecule has 0 unspecified atom stereocenters. The molecule has 21 heavy (non-hydrogen) atoms. The number of sulfone groups is 1. The zero-order chi connectivity index (χ0) is 15.3. The fourth-order valence-electron chi connectivity index (χ4n) is 2.62. The van der Waals surface area contributed by atoms with Crippen LogP contribution in [0.15, 0.2) is 12.2 Å². The minimum absolute atomic E-state index is 0.300. The lowest BCUT2D eigenvalue weighted by Gasteiger charge is -2.29. The Labute approximate surface area is 126 Å². The van der Waals surface area contributed by atoms with Crippen LogP contribution >= 0.6 is 0 Å². The maximum atomic E-state index is 12.2. The van der Waals surface area contributed by atoms with E-state index in [0.717, 1.165) is 25.5 Å². The van der Waals surface area contributed by atoms with E-state index in [1.807, 2.05) is 0 Å². The van der Waals surface area contributed by atoms with Gasteiger partial charge in [-0.05, 0) is 25.2 Å². The van der Waals surface area contributed by atoms with Crippen LogP contribution in [-0.2, 0) is 24.1 Å². The average Bonchev–Trinajstić information content (AvgIpc) is 2.90. The minimum Gasteiger partial charge on any atom is -0.348 e. The van der Waals surface area contributed by atoms with Gasteiger partial charge in [-0.3, -0.25) is 4.79 Å². The van der Waals surface area contributed by atoms with Crippen LogP contribution < -0.4 is 0 Å². The number of carbonyl (C=O) groups is 1. The molecule has 7 heteroatoms. The Morgan fingerprint density at radius 2 is 1.95 bits per heavy atom. The molecule has 1 fully saturated rings. The summed E-state index contributed by atoms with van der Waals surface area (Å²) in [6, 6.07) is 0. The van der Waals surface area contributed by atoms with E-state index in [2.05, 4.69) is 12.2 Å². The highest BCUT2D eigenvalue weighted by atomic mass is 32.2. The number of hydrogen-bond donors (Lipinski definition) is 0. The van der Waals surface area contributed by atoms with Crippen molar-refractivity contribution in [3.8, 4) is 0 Å². The summed E-state index contributed by atoms with van der Waals surface area (Å²) in [5.74, 6) is -0.450. The number of carbonyl (C=O) groups excluding carboxylic acids is 1. The van der Waals surface area contributed by atoms with Crippen molar-refractivity contribution in [2.75, 3.05) is 38.3 Å². The number of ether oxygens (including phenoxy) is 2. The first-order chi connectivity index (χ1) is 9.94. The van der Waals surface area contributed by atoms with Gasteiger partial charge in [-0.1, -0.05) is 12.2 Å². The molecule has 2 aliphatic rings. The molecule has 0 spiro atoms. The molecular weight excluding hydrogens is 294 g/mol. The largest absolute Gasteiger partial charge is 0.348 e. The molecule has 120 valence electrons. The summed E-state index contributed by atoms with van der Waals surface area (Å²) in [6.45, 7) is 1.90. The summed E-state index contributed by atoms with van der Waals surface area (Å²) in [6.07, 6.45) is 7.86. The van der Waals surface area contributed by atoms with Gasteiger partial charge in [0.25, 0.3) is 0 Å². The molecule has 1 heterocycles. The fourth-order valence-corrected chi connectivity index (χ4v) is 3.25. The smallest absolute Gasteiger partial charge is 0.237 e. The van der Waals surface area contributed by atoms with Crippen LogP contribution in [0, 0.1) is 5.92 Å². The molecule has 0 aromatic rings. The number of hydrogen-bond acceptors (Lipinski definition) is 5. The van der Waals surface area contributed by atoms with Crippen molar-refractivity contribution < 1.29 is 22.7 Å². The van der Waals surface area contributed by atoms with Gasteiger partial charge in [0.15, 0.2) is 16.1 Å². The third kappa shape index (κ3) is 5.76. The Kier molecular flexibility index (Phi) is 5.78. The maximum absolute atomic E-state index is 12.2. The third-order valence-electron chi connectivity index (χ3n) is 3.65. The molecule has 0 aromatic carbocycles. The maximum Gasteiger partial charge on any atom is 0.237 e. The summed E-state index contributed by atoms with van der Waals surface area (Å²) in [5.41, 5.74) is 0. The lowest BCUT2D eigenvalue weighted by Crippen LogP contribution is -2.43. The summed E-state index contributed by atoms with van der Waals surface area (Å²) in [5, 5.41) is 0. The zero-order valence-electron chi connectivity index (χ0n) is 12.4. The van der Waals surface area contributed by atoms with Crippen molar-refractivity contribution in [2.45, 2.75) is 25.6 Å². The lowest BCUT2D eigenvalue weighted by molar-refractivity contribution is -0.135. The van der Waals surface area contributed by atoms with E-state index in [1.54, 1.807) is 4.90 Å². The quantitative estimate of drug-likeness (QED) is 0.670. The molecule has 1 aliphatic carbocycles. The summed E-state index contributed by atoms with van der Waals surface area (Å²) >= 11 is 0. The Bertz CT molecular complexity index is 482. The monoisotopic (exact) mass is 317 g/mol. The summed E-state index contributed by atoms with van der Waals surface area (Å²) in [4.78, 5) is 13.8. The predicted octanol–water partition coefficient (Wildman–Crippen LogP) is 0.589. The summed E-state index contributed by atoms with van der Waals surface area (Å²) in [7, 11) is -3.33. The topological polar surface area (TPSA) is 72.9 Å². The molecule has 0 radical (unpaired) electrons. The molecule has 0 aromatic heterocycles. The van der Waals surface area contributed by atoms with Gasteiger partial charge in [-0.25, -0.2) is 8.42 Å².